The third-order valence-corrected chi connectivity index (χ3v) is 6.38. The number of rotatable bonds is 5. The lowest BCUT2D eigenvalue weighted by Gasteiger charge is -2.19. The molecule has 33 heavy (non-hydrogen) atoms. The van der Waals surface area contributed by atoms with E-state index < -0.39 is 5.60 Å². The Hall–Kier alpha value is -3.49. The summed E-state index contributed by atoms with van der Waals surface area (Å²) in [6, 6.07) is 12.1. The zero-order valence-corrected chi connectivity index (χ0v) is 18.7. The van der Waals surface area contributed by atoms with Gasteiger partial charge in [-0.2, -0.15) is 0 Å². The van der Waals surface area contributed by atoms with E-state index in [9.17, 15) is 9.90 Å². The molecule has 4 heterocycles. The highest BCUT2D eigenvalue weighted by atomic mass is 16.3. The minimum absolute atomic E-state index is 0.0447. The van der Waals surface area contributed by atoms with Crippen LogP contribution in [0.15, 0.2) is 53.6 Å². The van der Waals surface area contributed by atoms with Gasteiger partial charge in [0.05, 0.1) is 28.3 Å². The van der Waals surface area contributed by atoms with Crippen molar-refractivity contribution in [3.8, 4) is 5.69 Å². The molecule has 0 saturated heterocycles. The van der Waals surface area contributed by atoms with E-state index in [1.807, 2.05) is 27.6 Å². The lowest BCUT2D eigenvalue weighted by atomic mass is 10.0. The number of nitrogens with zero attached hydrogens (tertiary/aromatic N) is 4. The van der Waals surface area contributed by atoms with Crippen molar-refractivity contribution < 1.29 is 5.11 Å². The summed E-state index contributed by atoms with van der Waals surface area (Å²) in [4.78, 5) is 22.2. The highest BCUT2D eigenvalue weighted by molar-refractivity contribution is 5.83. The fraction of sp³-hybridized carbons (Fsp3) is 0.320. The molecule has 0 bridgehead atoms. The molecule has 8 heteroatoms. The second-order valence-corrected chi connectivity index (χ2v) is 9.45. The molecule has 0 atom stereocenters. The van der Waals surface area contributed by atoms with Crippen molar-refractivity contribution >= 4 is 22.4 Å². The maximum absolute atomic E-state index is 13.3. The first kappa shape index (κ1) is 20.1. The van der Waals surface area contributed by atoms with Crippen LogP contribution in [0, 0.1) is 0 Å². The molecule has 1 fully saturated rings. The van der Waals surface area contributed by atoms with Gasteiger partial charge in [-0.1, -0.05) is 6.07 Å². The summed E-state index contributed by atoms with van der Waals surface area (Å²) in [5.41, 5.74) is 4.57. The number of hydrogen-bond donors (Lipinski definition) is 3. The summed E-state index contributed by atoms with van der Waals surface area (Å²) >= 11 is 0. The molecule has 6 rings (SSSR count). The standard InChI is InChI=1S/C25H26N6O2/c1-25(2,33)22-10-19(7-8-27-22)30-21-11-23(28-14-20(21)24(32)31(30)18-5-6-18)29-17-4-3-15-12-26-13-16(15)9-17/h3-4,7-11,14,18,26,33H,5-6,12-13H2,1-2H3,(H,28,29). The number of nitrogens with one attached hydrogen (secondary N) is 2. The third-order valence-electron chi connectivity index (χ3n) is 6.38. The van der Waals surface area contributed by atoms with Gasteiger partial charge in [0.2, 0.25) is 0 Å². The minimum atomic E-state index is -1.08. The summed E-state index contributed by atoms with van der Waals surface area (Å²) in [5, 5.41) is 17.8. The van der Waals surface area contributed by atoms with Crippen LogP contribution in [0.5, 0.6) is 0 Å². The molecule has 4 aromatic rings. The van der Waals surface area contributed by atoms with Crippen molar-refractivity contribution in [1.82, 2.24) is 24.6 Å². The van der Waals surface area contributed by atoms with Gasteiger partial charge in [0.15, 0.2) is 0 Å². The molecule has 8 nitrogen and oxygen atoms in total. The molecule has 3 aromatic heterocycles. The molecule has 0 unspecified atom stereocenters. The van der Waals surface area contributed by atoms with Crippen LogP contribution in [0.3, 0.4) is 0 Å². The van der Waals surface area contributed by atoms with E-state index in [0.717, 1.165) is 42.8 Å². The second-order valence-electron chi connectivity index (χ2n) is 9.45. The van der Waals surface area contributed by atoms with Crippen molar-refractivity contribution in [2.75, 3.05) is 5.32 Å². The molecule has 0 radical (unpaired) electrons. The van der Waals surface area contributed by atoms with Gasteiger partial charge in [-0.05, 0) is 62.1 Å². The average Bonchev–Trinajstić information content (AvgIpc) is 3.45. The SMILES string of the molecule is CC(C)(O)c1cc(-n2c3cc(Nc4ccc5c(c4)CNC5)ncc3c(=O)n2C2CC2)ccn1. The van der Waals surface area contributed by atoms with Crippen LogP contribution in [0.25, 0.3) is 16.6 Å². The maximum Gasteiger partial charge on any atom is 0.276 e. The molecular formula is C25H26N6O2. The zero-order chi connectivity index (χ0) is 22.7. The minimum Gasteiger partial charge on any atom is -0.384 e. The second kappa shape index (κ2) is 7.26. The Morgan fingerprint density at radius 3 is 2.70 bits per heavy atom. The Bertz CT molecular complexity index is 1440. The van der Waals surface area contributed by atoms with Crippen LogP contribution < -0.4 is 16.2 Å². The summed E-state index contributed by atoms with van der Waals surface area (Å²) in [6.45, 7) is 5.18. The summed E-state index contributed by atoms with van der Waals surface area (Å²) in [5.74, 6) is 0.673. The average molecular weight is 443 g/mol. The fourth-order valence-corrected chi connectivity index (χ4v) is 4.50. The fourth-order valence-electron chi connectivity index (χ4n) is 4.50. The molecule has 2 aliphatic rings. The zero-order valence-electron chi connectivity index (χ0n) is 18.7. The Balaban J connectivity index is 1.48. The van der Waals surface area contributed by atoms with E-state index in [4.69, 9.17) is 0 Å². The number of anilines is 2. The van der Waals surface area contributed by atoms with E-state index >= 15 is 0 Å². The number of benzene rings is 1. The molecule has 0 spiro atoms. The van der Waals surface area contributed by atoms with Crippen LogP contribution in [-0.4, -0.2) is 24.4 Å². The molecular weight excluding hydrogens is 416 g/mol. The molecule has 1 aliphatic carbocycles. The van der Waals surface area contributed by atoms with Gasteiger partial charge in [-0.25, -0.2) is 14.3 Å². The van der Waals surface area contributed by atoms with Gasteiger partial charge in [-0.15, -0.1) is 0 Å². The summed E-state index contributed by atoms with van der Waals surface area (Å²) < 4.78 is 3.77. The Labute approximate surface area is 190 Å². The lowest BCUT2D eigenvalue weighted by molar-refractivity contribution is 0.0738. The van der Waals surface area contributed by atoms with E-state index in [0.29, 0.717) is 16.9 Å². The summed E-state index contributed by atoms with van der Waals surface area (Å²) in [7, 11) is 0. The molecule has 1 saturated carbocycles. The number of aliphatic hydroxyl groups is 1. The lowest BCUT2D eigenvalue weighted by Crippen LogP contribution is -2.22. The third kappa shape index (κ3) is 3.51. The van der Waals surface area contributed by atoms with Crippen molar-refractivity contribution in [2.24, 2.45) is 0 Å². The van der Waals surface area contributed by atoms with Gasteiger partial charge in [0, 0.05) is 37.2 Å². The van der Waals surface area contributed by atoms with Crippen LogP contribution in [0.1, 0.15) is 49.6 Å². The van der Waals surface area contributed by atoms with Gasteiger partial charge in [0.25, 0.3) is 5.56 Å². The normalized spacial score (nSPS) is 15.7. The van der Waals surface area contributed by atoms with Gasteiger partial charge < -0.3 is 15.7 Å². The highest BCUT2D eigenvalue weighted by Crippen LogP contribution is 2.36. The van der Waals surface area contributed by atoms with E-state index in [1.54, 1.807) is 26.2 Å². The van der Waals surface area contributed by atoms with E-state index in [-0.39, 0.29) is 11.6 Å². The van der Waals surface area contributed by atoms with Gasteiger partial charge in [-0.3, -0.25) is 9.78 Å². The van der Waals surface area contributed by atoms with Crippen molar-refractivity contribution in [3.63, 3.8) is 0 Å². The quantitative estimate of drug-likeness (QED) is 0.438. The van der Waals surface area contributed by atoms with Crippen LogP contribution in [0.4, 0.5) is 11.5 Å². The first-order valence-electron chi connectivity index (χ1n) is 11.3. The van der Waals surface area contributed by atoms with Crippen LogP contribution in [0.2, 0.25) is 0 Å². The topological polar surface area (TPSA) is 97.0 Å². The molecule has 1 aliphatic heterocycles. The Kier molecular flexibility index (Phi) is 4.43. The van der Waals surface area contributed by atoms with Crippen molar-refractivity contribution in [2.45, 2.75) is 51.4 Å². The first-order chi connectivity index (χ1) is 15.9. The van der Waals surface area contributed by atoms with Gasteiger partial charge >= 0.3 is 0 Å². The number of aromatic nitrogens is 4. The largest absolute Gasteiger partial charge is 0.384 e. The van der Waals surface area contributed by atoms with Crippen molar-refractivity contribution in [1.29, 1.82) is 0 Å². The number of hydrogen-bond acceptors (Lipinski definition) is 6. The van der Waals surface area contributed by atoms with Crippen LogP contribution >= 0.6 is 0 Å². The number of fused-ring (bicyclic) bond motifs is 2. The molecule has 0 amide bonds. The molecule has 3 N–H and O–H groups in total. The predicted molar refractivity (Wildman–Crippen MR) is 127 cm³/mol. The maximum atomic E-state index is 13.3. The monoisotopic (exact) mass is 442 g/mol. The Morgan fingerprint density at radius 1 is 1.09 bits per heavy atom. The highest BCUT2D eigenvalue weighted by Gasteiger charge is 2.30. The van der Waals surface area contributed by atoms with E-state index in [1.165, 1.54) is 11.1 Å². The molecule has 1 aromatic carbocycles. The number of pyridine rings is 2. The smallest absolute Gasteiger partial charge is 0.276 e. The molecule has 168 valence electrons. The first-order valence-corrected chi connectivity index (χ1v) is 11.3. The van der Waals surface area contributed by atoms with Crippen LogP contribution in [-0.2, 0) is 18.7 Å². The Morgan fingerprint density at radius 2 is 1.91 bits per heavy atom. The van der Waals surface area contributed by atoms with Gasteiger partial charge in [0.1, 0.15) is 11.4 Å². The predicted octanol–water partition coefficient (Wildman–Crippen LogP) is 3.49. The summed E-state index contributed by atoms with van der Waals surface area (Å²) in [6.07, 6.45) is 5.28. The van der Waals surface area contributed by atoms with E-state index in [2.05, 4.69) is 38.8 Å². The van der Waals surface area contributed by atoms with Crippen molar-refractivity contribution in [3.05, 3.63) is 76.0 Å².